The van der Waals surface area contributed by atoms with E-state index in [9.17, 15) is 22.4 Å². The van der Waals surface area contributed by atoms with E-state index in [4.69, 9.17) is 5.73 Å². The lowest BCUT2D eigenvalue weighted by Gasteiger charge is -2.21. The first kappa shape index (κ1) is 20.2. The van der Waals surface area contributed by atoms with Gasteiger partial charge in [0.25, 0.3) is 11.9 Å². The zero-order valence-corrected chi connectivity index (χ0v) is 15.8. The number of carbonyl (C=O) groups is 1. The summed E-state index contributed by atoms with van der Waals surface area (Å²) in [5.74, 6) is -1.62. The van der Waals surface area contributed by atoms with Crippen LogP contribution in [0.15, 0.2) is 41.7 Å². The standard InChI is InChI=1S/C20H19F4N5O/c21-14-2-3-16(20(22,23)24)15(8-14)11-6-12-9-29(10-13(12)7-11)18(30)17(25)28-19-26-4-1-5-27-19/h1-5,8,11-13H,6-7,9-10H2,(H2,25,26,27,28)/t11?,12-,13+. The van der Waals surface area contributed by atoms with E-state index >= 15 is 0 Å². The second kappa shape index (κ2) is 7.66. The number of benzene rings is 1. The maximum Gasteiger partial charge on any atom is 0.416 e. The Hall–Kier alpha value is -3.04. The van der Waals surface area contributed by atoms with Gasteiger partial charge in [-0.25, -0.2) is 14.4 Å². The first-order chi connectivity index (χ1) is 14.2. The Bertz CT molecular complexity index is 965. The highest BCUT2D eigenvalue weighted by Crippen LogP contribution is 2.49. The van der Waals surface area contributed by atoms with Crippen LogP contribution in [0.5, 0.6) is 0 Å². The summed E-state index contributed by atoms with van der Waals surface area (Å²) in [6.07, 6.45) is -0.663. The summed E-state index contributed by atoms with van der Waals surface area (Å²) in [7, 11) is 0. The number of amidine groups is 1. The number of hydrogen-bond donors (Lipinski definition) is 1. The first-order valence-corrected chi connectivity index (χ1v) is 9.49. The molecule has 1 aromatic heterocycles. The molecule has 158 valence electrons. The predicted octanol–water partition coefficient (Wildman–Crippen LogP) is 3.28. The molecular weight excluding hydrogens is 402 g/mol. The van der Waals surface area contributed by atoms with Gasteiger partial charge in [0.05, 0.1) is 5.56 Å². The molecule has 4 rings (SSSR count). The number of halogens is 4. The van der Waals surface area contributed by atoms with Crippen molar-refractivity contribution in [3.05, 3.63) is 53.6 Å². The molecule has 2 aromatic rings. The van der Waals surface area contributed by atoms with Gasteiger partial charge in [-0.1, -0.05) is 0 Å². The number of aromatic nitrogens is 2. The number of alkyl halides is 3. The molecule has 3 atom stereocenters. The predicted molar refractivity (Wildman–Crippen MR) is 100 cm³/mol. The second-order valence-corrected chi connectivity index (χ2v) is 7.67. The van der Waals surface area contributed by atoms with E-state index in [2.05, 4.69) is 15.0 Å². The van der Waals surface area contributed by atoms with Gasteiger partial charge in [-0.15, -0.1) is 0 Å². The molecule has 1 aliphatic heterocycles. The monoisotopic (exact) mass is 421 g/mol. The maximum atomic E-state index is 13.7. The summed E-state index contributed by atoms with van der Waals surface area (Å²) in [6, 6.07) is 4.23. The van der Waals surface area contributed by atoms with Crippen LogP contribution in [0, 0.1) is 17.7 Å². The van der Waals surface area contributed by atoms with Crippen LogP contribution in [0.4, 0.5) is 23.5 Å². The average molecular weight is 421 g/mol. The summed E-state index contributed by atoms with van der Waals surface area (Å²) in [5, 5.41) is 0. The Kier molecular flexibility index (Phi) is 5.17. The fourth-order valence-electron chi connectivity index (χ4n) is 4.52. The lowest BCUT2D eigenvalue weighted by Crippen LogP contribution is -2.39. The minimum Gasteiger partial charge on any atom is -0.379 e. The second-order valence-electron chi connectivity index (χ2n) is 7.67. The summed E-state index contributed by atoms with van der Waals surface area (Å²) < 4.78 is 53.7. The fraction of sp³-hybridized carbons (Fsp3) is 0.400. The summed E-state index contributed by atoms with van der Waals surface area (Å²) in [5.41, 5.74) is 5.00. The highest BCUT2D eigenvalue weighted by molar-refractivity contribution is 6.37. The van der Waals surface area contributed by atoms with Crippen molar-refractivity contribution in [1.29, 1.82) is 0 Å². The molecule has 2 fully saturated rings. The van der Waals surface area contributed by atoms with Crippen molar-refractivity contribution in [2.45, 2.75) is 24.9 Å². The zero-order chi connectivity index (χ0) is 21.5. The van der Waals surface area contributed by atoms with Gasteiger partial charge >= 0.3 is 6.18 Å². The van der Waals surface area contributed by atoms with Crippen molar-refractivity contribution in [1.82, 2.24) is 14.9 Å². The van der Waals surface area contributed by atoms with Crippen LogP contribution < -0.4 is 5.73 Å². The maximum absolute atomic E-state index is 13.7. The van der Waals surface area contributed by atoms with Gasteiger partial charge < -0.3 is 10.6 Å². The summed E-state index contributed by atoms with van der Waals surface area (Å²) in [6.45, 7) is 0.755. The molecule has 0 radical (unpaired) electrons. The molecule has 0 spiro atoms. The van der Waals surface area contributed by atoms with Crippen LogP contribution in [-0.2, 0) is 11.0 Å². The Labute approximate surface area is 169 Å². The zero-order valence-electron chi connectivity index (χ0n) is 15.8. The van der Waals surface area contributed by atoms with E-state index in [1.807, 2.05) is 0 Å². The average Bonchev–Trinajstić information content (AvgIpc) is 3.26. The van der Waals surface area contributed by atoms with Crippen LogP contribution in [0.3, 0.4) is 0 Å². The summed E-state index contributed by atoms with van der Waals surface area (Å²) >= 11 is 0. The third kappa shape index (κ3) is 3.99. The van der Waals surface area contributed by atoms with E-state index in [1.54, 1.807) is 11.0 Å². The Morgan fingerprint density at radius 1 is 1.13 bits per heavy atom. The first-order valence-electron chi connectivity index (χ1n) is 9.49. The molecule has 1 saturated heterocycles. The number of likely N-dealkylation sites (tertiary alicyclic amines) is 1. The number of carbonyl (C=O) groups excluding carboxylic acids is 1. The molecular formula is C20H19F4N5O. The molecule has 0 bridgehead atoms. The van der Waals surface area contributed by atoms with Crippen molar-refractivity contribution >= 4 is 17.7 Å². The highest BCUT2D eigenvalue weighted by atomic mass is 19.4. The third-order valence-electron chi connectivity index (χ3n) is 5.79. The number of fused-ring (bicyclic) bond motifs is 1. The molecule has 1 unspecified atom stereocenters. The molecule has 30 heavy (non-hydrogen) atoms. The Balaban J connectivity index is 1.45. The van der Waals surface area contributed by atoms with E-state index in [0.717, 1.165) is 18.2 Å². The number of amides is 1. The number of hydrogen-bond acceptors (Lipinski definition) is 4. The SMILES string of the molecule is N/C(=N\c1ncccn1)C(=O)N1C[C@H]2CC(c3cc(F)ccc3C(F)(F)F)C[C@H]2C1. The van der Waals surface area contributed by atoms with Gasteiger partial charge in [0, 0.05) is 25.5 Å². The van der Waals surface area contributed by atoms with Gasteiger partial charge in [-0.2, -0.15) is 18.2 Å². The van der Waals surface area contributed by atoms with Gasteiger partial charge in [-0.3, -0.25) is 4.79 Å². The summed E-state index contributed by atoms with van der Waals surface area (Å²) in [4.78, 5) is 25.8. The molecule has 1 amide bonds. The van der Waals surface area contributed by atoms with Gasteiger partial charge in [0.2, 0.25) is 0 Å². The van der Waals surface area contributed by atoms with Gasteiger partial charge in [0.1, 0.15) is 5.82 Å². The van der Waals surface area contributed by atoms with E-state index < -0.39 is 29.4 Å². The van der Waals surface area contributed by atoms with Crippen molar-refractivity contribution in [2.24, 2.45) is 22.6 Å². The van der Waals surface area contributed by atoms with Crippen molar-refractivity contribution in [3.63, 3.8) is 0 Å². The molecule has 1 aromatic carbocycles. The van der Waals surface area contributed by atoms with E-state index in [1.165, 1.54) is 12.4 Å². The highest BCUT2D eigenvalue weighted by Gasteiger charge is 2.45. The van der Waals surface area contributed by atoms with Gasteiger partial charge in [0.15, 0.2) is 5.84 Å². The van der Waals surface area contributed by atoms with Crippen LogP contribution in [0.1, 0.15) is 29.9 Å². The Morgan fingerprint density at radius 2 is 1.77 bits per heavy atom. The minimum absolute atomic E-state index is 0.00270. The fourth-order valence-corrected chi connectivity index (χ4v) is 4.52. The molecule has 2 aliphatic rings. The van der Waals surface area contributed by atoms with E-state index in [-0.39, 0.29) is 29.2 Å². The van der Waals surface area contributed by atoms with Crippen molar-refractivity contribution in [2.75, 3.05) is 13.1 Å². The van der Waals surface area contributed by atoms with Crippen LogP contribution in [0.2, 0.25) is 0 Å². The normalized spacial score (nSPS) is 24.2. The molecule has 1 aliphatic carbocycles. The van der Waals surface area contributed by atoms with Crippen LogP contribution in [-0.4, -0.2) is 39.7 Å². The largest absolute Gasteiger partial charge is 0.416 e. The van der Waals surface area contributed by atoms with Gasteiger partial charge in [-0.05, 0) is 60.4 Å². The third-order valence-corrected chi connectivity index (χ3v) is 5.79. The van der Waals surface area contributed by atoms with Crippen molar-refractivity contribution in [3.8, 4) is 0 Å². The van der Waals surface area contributed by atoms with E-state index in [0.29, 0.717) is 25.9 Å². The molecule has 2 N–H and O–H groups in total. The van der Waals surface area contributed by atoms with Crippen molar-refractivity contribution < 1.29 is 22.4 Å². The number of aliphatic imine (C=N–C) groups is 1. The molecule has 6 nitrogen and oxygen atoms in total. The lowest BCUT2D eigenvalue weighted by atomic mass is 9.91. The Morgan fingerprint density at radius 3 is 2.37 bits per heavy atom. The van der Waals surface area contributed by atoms with Crippen LogP contribution in [0.25, 0.3) is 0 Å². The number of nitrogens with two attached hydrogens (primary N) is 1. The topological polar surface area (TPSA) is 84.5 Å². The number of rotatable bonds is 2. The molecule has 10 heteroatoms. The quantitative estimate of drug-likeness (QED) is 0.458. The molecule has 1 saturated carbocycles. The lowest BCUT2D eigenvalue weighted by molar-refractivity contribution is -0.138. The number of nitrogens with zero attached hydrogens (tertiary/aromatic N) is 4. The molecule has 2 heterocycles. The minimum atomic E-state index is -4.53. The van der Waals surface area contributed by atoms with Crippen LogP contribution >= 0.6 is 0 Å². The smallest absolute Gasteiger partial charge is 0.379 e.